The molecule has 7 nitrogen and oxygen atoms in total. The second-order valence-corrected chi connectivity index (χ2v) is 10.5. The molecule has 0 spiro atoms. The Morgan fingerprint density at radius 2 is 1.62 bits per heavy atom. The highest BCUT2D eigenvalue weighted by molar-refractivity contribution is 7.80. The smallest absolute Gasteiger partial charge is 0.232 e. The normalized spacial score (nSPS) is 18.0. The number of hydrogen-bond donors (Lipinski definition) is 2. The number of rotatable bonds is 6. The monoisotopic (exact) mass is 535 g/mol. The zero-order valence-electron chi connectivity index (χ0n) is 21.2. The van der Waals surface area contributed by atoms with E-state index in [4.69, 9.17) is 33.8 Å². The first kappa shape index (κ1) is 25.5. The summed E-state index contributed by atoms with van der Waals surface area (Å²) in [4.78, 5) is 17.0. The van der Waals surface area contributed by atoms with Crippen molar-refractivity contribution in [3.8, 4) is 0 Å². The highest BCUT2D eigenvalue weighted by Gasteiger charge is 2.24. The summed E-state index contributed by atoms with van der Waals surface area (Å²) in [7, 11) is 0. The third-order valence-corrected chi connectivity index (χ3v) is 7.61. The van der Waals surface area contributed by atoms with E-state index in [0.717, 1.165) is 54.9 Å². The third-order valence-electron chi connectivity index (χ3n) is 7.11. The van der Waals surface area contributed by atoms with Gasteiger partial charge in [-0.15, -0.1) is 0 Å². The molecule has 2 N–H and O–H groups in total. The number of anilines is 4. The van der Waals surface area contributed by atoms with Crippen LogP contribution < -0.4 is 25.3 Å². The largest absolute Gasteiger partial charge is 0.368 e. The van der Waals surface area contributed by atoms with Crippen molar-refractivity contribution in [2.24, 2.45) is 0 Å². The van der Waals surface area contributed by atoms with Gasteiger partial charge in [0.05, 0.1) is 0 Å². The van der Waals surface area contributed by atoms with Crippen molar-refractivity contribution >= 4 is 52.2 Å². The van der Waals surface area contributed by atoms with Gasteiger partial charge in [0.1, 0.15) is 11.6 Å². The molecule has 0 saturated carbocycles. The molecule has 0 aliphatic carbocycles. The van der Waals surface area contributed by atoms with Gasteiger partial charge in [0.15, 0.2) is 5.11 Å². The maximum Gasteiger partial charge on any atom is 0.232 e. The number of aromatic nitrogens is 2. The second-order valence-electron chi connectivity index (χ2n) is 9.69. The van der Waals surface area contributed by atoms with Crippen LogP contribution in [0.25, 0.3) is 0 Å². The summed E-state index contributed by atoms with van der Waals surface area (Å²) in [6, 6.07) is 20.9. The lowest BCUT2D eigenvalue weighted by atomic mass is 10.0. The molecule has 0 amide bonds. The molecule has 0 radical (unpaired) electrons. The topological polar surface area (TPSA) is 59.6 Å². The van der Waals surface area contributed by atoms with Crippen LogP contribution in [0.15, 0.2) is 60.7 Å². The fourth-order valence-corrected chi connectivity index (χ4v) is 5.28. The lowest BCUT2D eigenvalue weighted by molar-refractivity contribution is 0.481. The quantitative estimate of drug-likeness (QED) is 0.411. The number of para-hydroxylation sites is 1. The number of nitrogens with one attached hydrogen (secondary N) is 2. The van der Waals surface area contributed by atoms with Gasteiger partial charge in [-0.25, -0.2) is 0 Å². The molecule has 3 aromatic rings. The number of benzene rings is 2. The van der Waals surface area contributed by atoms with E-state index in [9.17, 15) is 0 Å². The minimum atomic E-state index is 0.453. The van der Waals surface area contributed by atoms with Gasteiger partial charge in [-0.1, -0.05) is 41.9 Å². The molecule has 2 saturated heterocycles. The van der Waals surface area contributed by atoms with Crippen LogP contribution in [-0.4, -0.2) is 53.8 Å². The average molecular weight is 536 g/mol. The SMILES string of the molecule is CC1CCCCN1c1cc(N2CCN(c3ccccc3)CC2)nc(NC(=S)NCc2ccc(Cl)cc2)n1. The van der Waals surface area contributed by atoms with Gasteiger partial charge < -0.3 is 25.3 Å². The third kappa shape index (κ3) is 6.62. The number of halogens is 1. The molecule has 5 rings (SSSR count). The highest BCUT2D eigenvalue weighted by atomic mass is 35.5. The summed E-state index contributed by atoms with van der Waals surface area (Å²) in [6.45, 7) is 7.60. The fraction of sp³-hybridized carbons (Fsp3) is 0.393. The Morgan fingerprint density at radius 1 is 0.919 bits per heavy atom. The molecule has 3 heterocycles. The van der Waals surface area contributed by atoms with Crippen molar-refractivity contribution in [2.45, 2.75) is 38.8 Å². The van der Waals surface area contributed by atoms with Crippen molar-refractivity contribution in [1.29, 1.82) is 0 Å². The molecule has 1 atom stereocenters. The fourth-order valence-electron chi connectivity index (χ4n) is 4.99. The van der Waals surface area contributed by atoms with Crippen LogP contribution in [0.5, 0.6) is 0 Å². The maximum atomic E-state index is 6.00. The van der Waals surface area contributed by atoms with Crippen LogP contribution in [0.2, 0.25) is 5.02 Å². The summed E-state index contributed by atoms with van der Waals surface area (Å²) in [6.07, 6.45) is 3.63. The summed E-state index contributed by atoms with van der Waals surface area (Å²) in [5.74, 6) is 2.44. The number of nitrogens with zero attached hydrogens (tertiary/aromatic N) is 5. The number of thiocarbonyl (C=S) groups is 1. The number of hydrogen-bond acceptors (Lipinski definition) is 6. The molecule has 2 fully saturated rings. The first-order chi connectivity index (χ1) is 18.0. The first-order valence-electron chi connectivity index (χ1n) is 13.0. The highest BCUT2D eigenvalue weighted by Crippen LogP contribution is 2.28. The van der Waals surface area contributed by atoms with Crippen molar-refractivity contribution in [2.75, 3.05) is 52.7 Å². The lowest BCUT2D eigenvalue weighted by Gasteiger charge is -2.38. The molecule has 2 aliphatic rings. The molecule has 2 aromatic carbocycles. The minimum Gasteiger partial charge on any atom is -0.368 e. The average Bonchev–Trinajstić information content (AvgIpc) is 2.93. The van der Waals surface area contributed by atoms with Crippen LogP contribution in [0.1, 0.15) is 31.7 Å². The van der Waals surface area contributed by atoms with Gasteiger partial charge in [0.25, 0.3) is 0 Å². The van der Waals surface area contributed by atoms with Crippen LogP contribution in [-0.2, 0) is 6.54 Å². The summed E-state index contributed by atoms with van der Waals surface area (Å²) < 4.78 is 0. The molecule has 9 heteroatoms. The number of piperidine rings is 1. The lowest BCUT2D eigenvalue weighted by Crippen LogP contribution is -2.47. The molecule has 2 aliphatic heterocycles. The Balaban J connectivity index is 1.31. The molecule has 1 unspecified atom stereocenters. The van der Waals surface area contributed by atoms with Crippen LogP contribution in [0.4, 0.5) is 23.3 Å². The summed E-state index contributed by atoms with van der Waals surface area (Å²) in [5, 5.41) is 7.72. The maximum absolute atomic E-state index is 6.00. The van der Waals surface area contributed by atoms with Gasteiger partial charge in [-0.2, -0.15) is 9.97 Å². The van der Waals surface area contributed by atoms with E-state index in [1.54, 1.807) is 0 Å². The Hall–Kier alpha value is -3.10. The minimum absolute atomic E-state index is 0.453. The van der Waals surface area contributed by atoms with Gasteiger partial charge in [-0.3, -0.25) is 0 Å². The van der Waals surface area contributed by atoms with Crippen LogP contribution >= 0.6 is 23.8 Å². The molecule has 1 aromatic heterocycles. The standard InChI is InChI=1S/C28H34ClN7S/c1-21-7-5-6-14-36(21)26-19-25(35-17-15-34(16-18-35)24-8-3-2-4-9-24)31-27(32-26)33-28(37)30-20-22-10-12-23(29)13-11-22/h2-4,8-13,19,21H,5-7,14-18,20H2,1H3,(H2,30,31,32,33,37). The zero-order valence-corrected chi connectivity index (χ0v) is 22.8. The molecule has 37 heavy (non-hydrogen) atoms. The summed E-state index contributed by atoms with van der Waals surface area (Å²) >= 11 is 11.6. The van der Waals surface area contributed by atoms with Gasteiger partial charge in [-0.05, 0) is 68.2 Å². The van der Waals surface area contributed by atoms with E-state index in [2.05, 4.69) is 68.7 Å². The Morgan fingerprint density at radius 3 is 2.35 bits per heavy atom. The molecule has 194 valence electrons. The Labute approximate surface area is 229 Å². The van der Waals surface area contributed by atoms with Crippen LogP contribution in [0.3, 0.4) is 0 Å². The van der Waals surface area contributed by atoms with Crippen LogP contribution in [0, 0.1) is 0 Å². The zero-order chi connectivity index (χ0) is 25.6. The van der Waals surface area contributed by atoms with Gasteiger partial charge in [0, 0.05) is 62.1 Å². The van der Waals surface area contributed by atoms with E-state index >= 15 is 0 Å². The summed E-state index contributed by atoms with van der Waals surface area (Å²) in [5.41, 5.74) is 2.37. The Bertz CT molecular complexity index is 1180. The van der Waals surface area contributed by atoms with Crippen molar-refractivity contribution < 1.29 is 0 Å². The van der Waals surface area contributed by atoms with E-state index in [0.29, 0.717) is 23.6 Å². The van der Waals surface area contributed by atoms with E-state index in [1.807, 2.05) is 24.3 Å². The first-order valence-corrected chi connectivity index (χ1v) is 13.8. The second kappa shape index (κ2) is 12.0. The predicted molar refractivity (Wildman–Crippen MR) is 158 cm³/mol. The van der Waals surface area contributed by atoms with Crippen molar-refractivity contribution in [3.05, 3.63) is 71.2 Å². The van der Waals surface area contributed by atoms with E-state index in [1.165, 1.54) is 24.9 Å². The van der Waals surface area contributed by atoms with E-state index in [-0.39, 0.29) is 0 Å². The van der Waals surface area contributed by atoms with E-state index < -0.39 is 0 Å². The Kier molecular flexibility index (Phi) is 8.26. The molecular formula is C28H34ClN7S. The molecule has 0 bridgehead atoms. The number of piperazine rings is 1. The van der Waals surface area contributed by atoms with Gasteiger partial charge in [0.2, 0.25) is 5.95 Å². The van der Waals surface area contributed by atoms with Crippen molar-refractivity contribution in [1.82, 2.24) is 15.3 Å². The van der Waals surface area contributed by atoms with Gasteiger partial charge >= 0.3 is 0 Å². The van der Waals surface area contributed by atoms with Crippen molar-refractivity contribution in [3.63, 3.8) is 0 Å². The predicted octanol–water partition coefficient (Wildman–Crippen LogP) is 5.32. The molecular weight excluding hydrogens is 502 g/mol.